The maximum Gasteiger partial charge on any atom is 0.143 e. The first-order chi connectivity index (χ1) is 11.3. The zero-order valence-electron chi connectivity index (χ0n) is 12.6. The molecule has 3 heterocycles. The highest BCUT2D eigenvalue weighted by Crippen LogP contribution is 2.23. The highest BCUT2D eigenvalue weighted by Gasteiger charge is 2.32. The molecule has 3 rings (SSSR count). The van der Waals surface area contributed by atoms with Crippen LogP contribution in [0.4, 0.5) is 10.2 Å². The standard InChI is InChI=1S/C16H17FN6/c17-14-4-15(8-22-16-13(5-18)2-1-3-21-16)23(10-14)9-12-6-19-11-20-7-12/h1-3,6-7,11,14-15H,4,8-10H2,(H,21,22)/t14-,15-/m0/s1. The van der Waals surface area contributed by atoms with E-state index >= 15 is 0 Å². The number of hydrogen-bond acceptors (Lipinski definition) is 6. The number of anilines is 1. The van der Waals surface area contributed by atoms with E-state index in [1.165, 1.54) is 6.33 Å². The lowest BCUT2D eigenvalue weighted by atomic mass is 10.2. The molecule has 0 saturated carbocycles. The second-order valence-electron chi connectivity index (χ2n) is 5.56. The zero-order valence-corrected chi connectivity index (χ0v) is 12.6. The van der Waals surface area contributed by atoms with Crippen LogP contribution in [-0.2, 0) is 6.54 Å². The first-order valence-corrected chi connectivity index (χ1v) is 7.47. The summed E-state index contributed by atoms with van der Waals surface area (Å²) in [5, 5.41) is 12.3. The van der Waals surface area contributed by atoms with Gasteiger partial charge in [0.25, 0.3) is 0 Å². The number of alkyl halides is 1. The monoisotopic (exact) mass is 312 g/mol. The minimum absolute atomic E-state index is 0.0405. The summed E-state index contributed by atoms with van der Waals surface area (Å²) < 4.78 is 13.8. The van der Waals surface area contributed by atoms with Crippen molar-refractivity contribution in [3.8, 4) is 6.07 Å². The number of likely N-dealkylation sites (tertiary alicyclic amines) is 1. The van der Waals surface area contributed by atoms with Gasteiger partial charge in [0.1, 0.15) is 24.4 Å². The third kappa shape index (κ3) is 3.79. The maximum absolute atomic E-state index is 13.8. The van der Waals surface area contributed by atoms with Crippen LogP contribution in [0, 0.1) is 11.3 Å². The lowest BCUT2D eigenvalue weighted by molar-refractivity contribution is 0.241. The van der Waals surface area contributed by atoms with E-state index in [0.717, 1.165) is 5.56 Å². The summed E-state index contributed by atoms with van der Waals surface area (Å²) in [6.45, 7) is 1.55. The molecule has 23 heavy (non-hydrogen) atoms. The molecule has 1 saturated heterocycles. The van der Waals surface area contributed by atoms with Gasteiger partial charge in [-0.2, -0.15) is 5.26 Å². The molecule has 2 aromatic heterocycles. The van der Waals surface area contributed by atoms with Gasteiger partial charge in [-0.05, 0) is 18.6 Å². The fourth-order valence-electron chi connectivity index (χ4n) is 2.83. The molecule has 1 aliphatic heterocycles. The van der Waals surface area contributed by atoms with Crippen molar-refractivity contribution in [1.29, 1.82) is 5.26 Å². The highest BCUT2D eigenvalue weighted by atomic mass is 19.1. The summed E-state index contributed by atoms with van der Waals surface area (Å²) in [4.78, 5) is 14.2. The van der Waals surface area contributed by atoms with Gasteiger partial charge in [-0.3, -0.25) is 4.90 Å². The third-order valence-corrected chi connectivity index (χ3v) is 3.91. The van der Waals surface area contributed by atoms with Crippen LogP contribution in [0.5, 0.6) is 0 Å². The van der Waals surface area contributed by atoms with Gasteiger partial charge < -0.3 is 5.32 Å². The molecule has 0 unspecified atom stereocenters. The molecule has 0 radical (unpaired) electrons. The number of aromatic nitrogens is 3. The molecule has 1 fully saturated rings. The number of nitrogens with zero attached hydrogens (tertiary/aromatic N) is 5. The molecule has 2 aromatic rings. The topological polar surface area (TPSA) is 77.7 Å². The predicted molar refractivity (Wildman–Crippen MR) is 83.2 cm³/mol. The Morgan fingerprint density at radius 1 is 1.39 bits per heavy atom. The van der Waals surface area contributed by atoms with Gasteiger partial charge in [-0.1, -0.05) is 0 Å². The fourth-order valence-corrected chi connectivity index (χ4v) is 2.83. The van der Waals surface area contributed by atoms with Crippen molar-refractivity contribution in [1.82, 2.24) is 19.9 Å². The number of nitrogens with one attached hydrogen (secondary N) is 1. The van der Waals surface area contributed by atoms with Gasteiger partial charge in [0, 0.05) is 49.8 Å². The molecule has 0 aromatic carbocycles. The summed E-state index contributed by atoms with van der Waals surface area (Å²) >= 11 is 0. The molecule has 0 spiro atoms. The molecule has 2 atom stereocenters. The SMILES string of the molecule is N#Cc1cccnc1NC[C@@H]1C[C@H](F)CN1Cc1cncnc1. The van der Waals surface area contributed by atoms with E-state index in [1.807, 2.05) is 0 Å². The molecule has 1 aliphatic rings. The average Bonchev–Trinajstić information content (AvgIpc) is 2.93. The second-order valence-corrected chi connectivity index (χ2v) is 5.56. The van der Waals surface area contributed by atoms with E-state index in [2.05, 4.69) is 31.2 Å². The van der Waals surface area contributed by atoms with Crippen molar-refractivity contribution in [2.24, 2.45) is 0 Å². The van der Waals surface area contributed by atoms with Crippen molar-refractivity contribution in [3.63, 3.8) is 0 Å². The number of rotatable bonds is 5. The van der Waals surface area contributed by atoms with E-state index in [0.29, 0.717) is 37.4 Å². The van der Waals surface area contributed by atoms with Crippen LogP contribution in [-0.4, -0.2) is 45.2 Å². The van der Waals surface area contributed by atoms with Crippen LogP contribution in [0.3, 0.4) is 0 Å². The number of hydrogen-bond donors (Lipinski definition) is 1. The van der Waals surface area contributed by atoms with Crippen LogP contribution in [0.15, 0.2) is 37.1 Å². The van der Waals surface area contributed by atoms with Crippen LogP contribution >= 0.6 is 0 Å². The summed E-state index contributed by atoms with van der Waals surface area (Å²) in [6, 6.07) is 5.57. The molecule has 1 N–H and O–H groups in total. The largest absolute Gasteiger partial charge is 0.367 e. The van der Waals surface area contributed by atoms with Gasteiger partial charge in [-0.15, -0.1) is 0 Å². The lowest BCUT2D eigenvalue weighted by Gasteiger charge is -2.24. The van der Waals surface area contributed by atoms with E-state index in [1.54, 1.807) is 30.7 Å². The van der Waals surface area contributed by atoms with E-state index in [9.17, 15) is 4.39 Å². The first-order valence-electron chi connectivity index (χ1n) is 7.47. The maximum atomic E-state index is 13.8. The Morgan fingerprint density at radius 3 is 3.00 bits per heavy atom. The van der Waals surface area contributed by atoms with Crippen molar-refractivity contribution >= 4 is 5.82 Å². The number of nitriles is 1. The Morgan fingerprint density at radius 2 is 2.22 bits per heavy atom. The third-order valence-electron chi connectivity index (χ3n) is 3.91. The van der Waals surface area contributed by atoms with Crippen LogP contribution in [0.1, 0.15) is 17.5 Å². The first kappa shape index (κ1) is 15.3. The van der Waals surface area contributed by atoms with Crippen molar-refractivity contribution in [2.75, 3.05) is 18.4 Å². The molecular weight excluding hydrogens is 295 g/mol. The molecular formula is C16H17FN6. The Balaban J connectivity index is 1.65. The predicted octanol–water partition coefficient (Wildman–Crippen LogP) is 1.77. The van der Waals surface area contributed by atoms with Crippen molar-refractivity contribution in [3.05, 3.63) is 48.2 Å². The fraction of sp³-hybridized carbons (Fsp3) is 0.375. The van der Waals surface area contributed by atoms with E-state index in [4.69, 9.17) is 5.26 Å². The quantitative estimate of drug-likeness (QED) is 0.906. The molecule has 0 amide bonds. The lowest BCUT2D eigenvalue weighted by Crippen LogP contribution is -2.34. The normalized spacial score (nSPS) is 21.0. The summed E-state index contributed by atoms with van der Waals surface area (Å²) in [5.41, 5.74) is 1.45. The minimum atomic E-state index is -0.842. The summed E-state index contributed by atoms with van der Waals surface area (Å²) in [6.07, 6.45) is 6.23. The minimum Gasteiger partial charge on any atom is -0.367 e. The second kappa shape index (κ2) is 7.11. The molecule has 0 aliphatic carbocycles. The van der Waals surface area contributed by atoms with E-state index in [-0.39, 0.29) is 6.04 Å². The summed E-state index contributed by atoms with van der Waals surface area (Å²) in [5.74, 6) is 0.542. The van der Waals surface area contributed by atoms with Gasteiger partial charge in [0.05, 0.1) is 5.56 Å². The molecule has 118 valence electrons. The van der Waals surface area contributed by atoms with Gasteiger partial charge in [-0.25, -0.2) is 19.3 Å². The van der Waals surface area contributed by atoms with Crippen molar-refractivity contribution in [2.45, 2.75) is 25.2 Å². The Labute approximate surface area is 134 Å². The van der Waals surface area contributed by atoms with E-state index < -0.39 is 6.17 Å². The zero-order chi connectivity index (χ0) is 16.1. The van der Waals surface area contributed by atoms with Gasteiger partial charge >= 0.3 is 0 Å². The molecule has 6 nitrogen and oxygen atoms in total. The van der Waals surface area contributed by atoms with Gasteiger partial charge in [0.15, 0.2) is 0 Å². The number of pyridine rings is 1. The molecule has 7 heteroatoms. The Bertz CT molecular complexity index is 686. The van der Waals surface area contributed by atoms with Crippen LogP contribution in [0.25, 0.3) is 0 Å². The van der Waals surface area contributed by atoms with Crippen LogP contribution in [0.2, 0.25) is 0 Å². The average molecular weight is 312 g/mol. The summed E-state index contributed by atoms with van der Waals surface area (Å²) in [7, 11) is 0. The van der Waals surface area contributed by atoms with Gasteiger partial charge in [0.2, 0.25) is 0 Å². The van der Waals surface area contributed by atoms with Crippen LogP contribution < -0.4 is 5.32 Å². The number of halogens is 1. The van der Waals surface area contributed by atoms with Crippen molar-refractivity contribution < 1.29 is 4.39 Å². The Hall–Kier alpha value is -2.59. The highest BCUT2D eigenvalue weighted by molar-refractivity contribution is 5.51. The Kier molecular flexibility index (Phi) is 4.74. The smallest absolute Gasteiger partial charge is 0.143 e. The molecule has 0 bridgehead atoms.